The third-order valence-electron chi connectivity index (χ3n) is 6.26. The molecule has 14 nitrogen and oxygen atoms in total. The average molecular weight is 683 g/mol. The van der Waals surface area contributed by atoms with Gasteiger partial charge in [-0.05, 0) is 38.5 Å². The maximum absolute atomic E-state index is 12.9. The number of rotatable bonds is 24. The highest BCUT2D eigenvalue weighted by atomic mass is 33.2. The van der Waals surface area contributed by atoms with Gasteiger partial charge in [0.25, 0.3) is 0 Å². The number of methoxy groups -OCH3 is 1. The first-order chi connectivity index (χ1) is 20.6. The summed E-state index contributed by atoms with van der Waals surface area (Å²) in [5.74, 6) is -1.30. The molecule has 2 fully saturated rings. The molecule has 2 heterocycles. The van der Waals surface area contributed by atoms with E-state index in [0.29, 0.717) is 51.6 Å². The Balaban J connectivity index is 1.73. The Morgan fingerprint density at radius 1 is 0.721 bits per heavy atom. The molecular formula is C25H42N6O8S4. The van der Waals surface area contributed by atoms with Crippen LogP contribution >= 0.6 is 43.2 Å². The fourth-order valence-electron chi connectivity index (χ4n) is 3.70. The number of ether oxygens (including phenoxy) is 2. The fourth-order valence-corrected chi connectivity index (χ4v) is 6.36. The van der Waals surface area contributed by atoms with E-state index in [-0.39, 0.29) is 60.0 Å². The summed E-state index contributed by atoms with van der Waals surface area (Å²) in [7, 11) is 7.50. The number of carbonyl (C=O) groups excluding carboxylic acids is 6. The molecule has 7 N–H and O–H groups in total. The first kappa shape index (κ1) is 37.5. The number of hydrogen-bond acceptors (Lipinski definition) is 14. The Morgan fingerprint density at radius 3 is 1.65 bits per heavy atom. The minimum Gasteiger partial charge on any atom is -0.447 e. The van der Waals surface area contributed by atoms with Crippen molar-refractivity contribution in [2.45, 2.75) is 66.2 Å². The molecule has 0 saturated carbocycles. The number of nitrogens with zero attached hydrogens (tertiary/aromatic N) is 1. The van der Waals surface area contributed by atoms with Gasteiger partial charge in [-0.15, -0.1) is 0 Å². The third-order valence-corrected chi connectivity index (χ3v) is 10.3. The van der Waals surface area contributed by atoms with Crippen LogP contribution in [0.25, 0.3) is 0 Å². The summed E-state index contributed by atoms with van der Waals surface area (Å²) in [6, 6.07) is -1.03. The molecule has 2 aliphatic heterocycles. The van der Waals surface area contributed by atoms with Crippen LogP contribution in [0.1, 0.15) is 44.9 Å². The van der Waals surface area contributed by atoms with Crippen molar-refractivity contribution < 1.29 is 38.2 Å². The molecule has 0 bridgehead atoms. The fraction of sp³-hybridized carbons (Fsp3) is 0.760. The Hall–Kier alpha value is -1.70. The maximum atomic E-state index is 12.9. The van der Waals surface area contributed by atoms with E-state index in [4.69, 9.17) is 20.9 Å². The summed E-state index contributed by atoms with van der Waals surface area (Å²) in [6.45, 7) is 0.233. The van der Waals surface area contributed by atoms with E-state index < -0.39 is 35.9 Å². The maximum Gasteiger partial charge on any atom is 0.407 e. The Bertz CT molecular complexity index is 903. The number of unbranched alkanes of at least 4 members (excludes halogenated alkanes) is 2. The predicted molar refractivity (Wildman–Crippen MR) is 170 cm³/mol. The monoisotopic (exact) mass is 682 g/mol. The number of ketones is 2. The van der Waals surface area contributed by atoms with Crippen LogP contribution in [0.5, 0.6) is 0 Å². The lowest BCUT2D eigenvalue weighted by atomic mass is 10.1. The minimum atomic E-state index is -0.709. The Kier molecular flexibility index (Phi) is 18.4. The van der Waals surface area contributed by atoms with Gasteiger partial charge >= 0.3 is 6.09 Å². The lowest BCUT2D eigenvalue weighted by Crippen LogP contribution is -2.46. The van der Waals surface area contributed by atoms with E-state index >= 15 is 0 Å². The van der Waals surface area contributed by atoms with Crippen LogP contribution in [-0.2, 0) is 33.4 Å². The molecule has 0 aromatic rings. The van der Waals surface area contributed by atoms with Gasteiger partial charge in [0.15, 0.2) is 11.6 Å². The van der Waals surface area contributed by atoms with Crippen molar-refractivity contribution in [2.75, 3.05) is 53.0 Å². The van der Waals surface area contributed by atoms with Crippen molar-refractivity contribution in [1.82, 2.24) is 20.9 Å². The van der Waals surface area contributed by atoms with E-state index in [1.807, 2.05) is 0 Å². The highest BCUT2D eigenvalue weighted by molar-refractivity contribution is 8.93. The first-order valence-electron chi connectivity index (χ1n) is 14.1. The SMILES string of the molecule is COCCOC(=O)NCCC(=O)N(CC(=O)NCCCC[C@H](N)C(=O)C1SS1)CC(=O)NCCCC[C@H](N)C(=O)C1SS1. The summed E-state index contributed by atoms with van der Waals surface area (Å²) in [5.41, 5.74) is 11.8. The molecule has 0 radical (unpaired) electrons. The molecule has 0 spiro atoms. The van der Waals surface area contributed by atoms with Crippen LogP contribution in [0.3, 0.4) is 0 Å². The number of Topliss-reactive ketones (excluding diaryl/α,β-unsaturated/α-hetero) is 2. The zero-order valence-corrected chi connectivity index (χ0v) is 27.5. The molecule has 18 heteroatoms. The van der Waals surface area contributed by atoms with E-state index in [1.54, 1.807) is 0 Å². The van der Waals surface area contributed by atoms with Gasteiger partial charge in [0, 0.05) is 33.2 Å². The highest BCUT2D eigenvalue weighted by Gasteiger charge is 2.36. The largest absolute Gasteiger partial charge is 0.447 e. The second kappa shape index (κ2) is 21.1. The van der Waals surface area contributed by atoms with Gasteiger partial charge in [0.1, 0.15) is 28.9 Å². The van der Waals surface area contributed by atoms with Crippen LogP contribution in [0.2, 0.25) is 0 Å². The number of hydrogen-bond donors (Lipinski definition) is 5. The van der Waals surface area contributed by atoms with Crippen LogP contribution in [0, 0.1) is 0 Å². The molecule has 4 amide bonds. The standard InChI is InChI=1S/C25H42N6O8S4/c1-38-12-13-39-25(37)30-11-8-20(34)31(14-18(32)28-9-4-2-6-16(26)21(35)23-40-41-23)15-19(33)29-10-5-3-7-17(27)22(36)24-42-43-24/h16-17,23-24H,2-15,26-27H2,1H3,(H,28,32)(H,29,33)(H,30,37)/t16-,17-/m0/s1. The average Bonchev–Trinajstić information content (AvgIpc) is 3.89. The summed E-state index contributed by atoms with van der Waals surface area (Å²) < 4.78 is 9.58. The summed E-state index contributed by atoms with van der Waals surface area (Å²) in [6.07, 6.45) is 2.72. The third kappa shape index (κ3) is 16.8. The van der Waals surface area contributed by atoms with Gasteiger partial charge in [0.2, 0.25) is 17.7 Å². The van der Waals surface area contributed by atoms with Gasteiger partial charge in [-0.25, -0.2) is 4.79 Å². The normalized spacial score (nSPS) is 15.6. The van der Waals surface area contributed by atoms with Crippen LogP contribution in [0.4, 0.5) is 4.79 Å². The van der Waals surface area contributed by atoms with E-state index in [2.05, 4.69) is 16.0 Å². The number of amides is 4. The summed E-state index contributed by atoms with van der Waals surface area (Å²) in [4.78, 5) is 74.7. The van der Waals surface area contributed by atoms with Crippen molar-refractivity contribution in [2.24, 2.45) is 11.5 Å². The van der Waals surface area contributed by atoms with E-state index in [0.717, 1.165) is 4.90 Å². The van der Waals surface area contributed by atoms with Gasteiger partial charge < -0.3 is 41.8 Å². The second-order valence-electron chi connectivity index (χ2n) is 9.81. The van der Waals surface area contributed by atoms with E-state index in [9.17, 15) is 28.8 Å². The van der Waals surface area contributed by atoms with Gasteiger partial charge in [-0.1, -0.05) is 43.2 Å². The molecule has 0 aliphatic carbocycles. The smallest absolute Gasteiger partial charge is 0.407 e. The first-order valence-corrected chi connectivity index (χ1v) is 18.6. The summed E-state index contributed by atoms with van der Waals surface area (Å²) in [5, 5.41) is 7.91. The predicted octanol–water partition coefficient (Wildman–Crippen LogP) is 0.386. The lowest BCUT2D eigenvalue weighted by molar-refractivity contribution is -0.139. The van der Waals surface area contributed by atoms with Gasteiger partial charge in [-0.2, -0.15) is 0 Å². The molecule has 2 rings (SSSR count). The van der Waals surface area contributed by atoms with Crippen molar-refractivity contribution in [3.63, 3.8) is 0 Å². The Morgan fingerprint density at radius 2 is 1.21 bits per heavy atom. The zero-order chi connectivity index (χ0) is 31.6. The van der Waals surface area contributed by atoms with Crippen molar-refractivity contribution in [3.8, 4) is 0 Å². The molecule has 43 heavy (non-hydrogen) atoms. The quantitative estimate of drug-likeness (QED) is 0.0530. The Labute approximate surface area is 267 Å². The number of alkyl carbamates (subject to hydrolysis) is 1. The lowest BCUT2D eigenvalue weighted by Gasteiger charge is -2.22. The zero-order valence-electron chi connectivity index (χ0n) is 24.2. The molecule has 244 valence electrons. The van der Waals surface area contributed by atoms with Gasteiger partial charge in [-0.3, -0.25) is 24.0 Å². The van der Waals surface area contributed by atoms with Crippen LogP contribution in [0.15, 0.2) is 0 Å². The number of nitrogens with two attached hydrogens (primary N) is 2. The molecule has 0 aromatic carbocycles. The molecule has 2 saturated heterocycles. The summed E-state index contributed by atoms with van der Waals surface area (Å²) >= 11 is 0. The molecule has 2 atom stereocenters. The van der Waals surface area contributed by atoms with E-state index in [1.165, 1.54) is 50.3 Å². The molecule has 0 unspecified atom stereocenters. The minimum absolute atomic E-state index is 0.0369. The molecule has 2 aliphatic rings. The second-order valence-corrected chi connectivity index (χ2v) is 15.4. The van der Waals surface area contributed by atoms with Crippen molar-refractivity contribution in [3.05, 3.63) is 0 Å². The van der Waals surface area contributed by atoms with Crippen LogP contribution in [-0.4, -0.2) is 115 Å². The molecular weight excluding hydrogens is 641 g/mol. The molecule has 0 aromatic heterocycles. The number of nitrogens with one attached hydrogen (secondary N) is 3. The number of carbonyl (C=O) groups is 6. The van der Waals surface area contributed by atoms with Crippen molar-refractivity contribution >= 4 is 78.6 Å². The van der Waals surface area contributed by atoms with Crippen LogP contribution < -0.4 is 27.4 Å². The highest BCUT2D eigenvalue weighted by Crippen LogP contribution is 2.54. The van der Waals surface area contributed by atoms with Crippen molar-refractivity contribution in [1.29, 1.82) is 0 Å². The van der Waals surface area contributed by atoms with Gasteiger partial charge in [0.05, 0.1) is 18.7 Å². The topological polar surface area (TPSA) is 212 Å².